The van der Waals surface area contributed by atoms with Crippen molar-refractivity contribution in [3.05, 3.63) is 96.1 Å². The zero-order valence-electron chi connectivity index (χ0n) is 23.8. The topological polar surface area (TPSA) is 151 Å². The summed E-state index contributed by atoms with van der Waals surface area (Å²) in [5, 5.41) is 13.0. The third-order valence-corrected chi connectivity index (χ3v) is 8.71. The van der Waals surface area contributed by atoms with Crippen molar-refractivity contribution >= 4 is 27.6 Å². The van der Waals surface area contributed by atoms with Crippen molar-refractivity contribution < 1.29 is 32.7 Å². The fraction of sp³-hybridized carbons (Fsp3) is 0.281. The first-order valence-electron chi connectivity index (χ1n) is 13.7. The van der Waals surface area contributed by atoms with Crippen molar-refractivity contribution in [3.8, 4) is 17.6 Å². The average Bonchev–Trinajstić information content (AvgIpc) is 3.03. The van der Waals surface area contributed by atoms with E-state index in [0.29, 0.717) is 12.2 Å². The summed E-state index contributed by atoms with van der Waals surface area (Å²) in [4.78, 5) is 37.6. The van der Waals surface area contributed by atoms with Crippen LogP contribution in [0.1, 0.15) is 43.2 Å². The molecule has 1 atom stereocenters. The lowest BCUT2D eigenvalue weighted by Gasteiger charge is -2.18. The van der Waals surface area contributed by atoms with E-state index in [9.17, 15) is 22.8 Å². The summed E-state index contributed by atoms with van der Waals surface area (Å²) in [6.45, 7) is 1.80. The van der Waals surface area contributed by atoms with Gasteiger partial charge in [-0.05, 0) is 61.6 Å². The number of benzene rings is 3. The third-order valence-electron chi connectivity index (χ3n) is 6.58. The molecule has 0 bridgehead atoms. The quantitative estimate of drug-likeness (QED) is 0.0900. The molecule has 226 valence electrons. The molecule has 0 saturated carbocycles. The maximum absolute atomic E-state index is 13.1. The van der Waals surface area contributed by atoms with Gasteiger partial charge in [0.05, 0.1) is 17.4 Å². The second-order valence-corrected chi connectivity index (χ2v) is 11.6. The van der Waals surface area contributed by atoms with E-state index in [-0.39, 0.29) is 43.3 Å². The molecule has 1 unspecified atom stereocenters. The SMILES string of the molecule is CC#CCOc1ccc(S(=O)(=O)C(CCCCNC(=O)CNC(=O)C(c2ccccc2)c2ccccc2)C(=O)NO)cc1. The highest BCUT2D eigenvalue weighted by Gasteiger charge is 2.33. The maximum atomic E-state index is 13.1. The minimum atomic E-state index is -4.12. The number of hydrogen-bond donors (Lipinski definition) is 4. The summed E-state index contributed by atoms with van der Waals surface area (Å²) in [6.07, 6.45) is 0.554. The van der Waals surface area contributed by atoms with Crippen LogP contribution >= 0.6 is 0 Å². The van der Waals surface area contributed by atoms with Crippen molar-refractivity contribution in [1.29, 1.82) is 0 Å². The largest absolute Gasteiger partial charge is 0.481 e. The van der Waals surface area contributed by atoms with Crippen molar-refractivity contribution in [1.82, 2.24) is 16.1 Å². The number of unbranched alkanes of at least 4 members (excludes halogenated alkanes) is 1. The molecule has 3 aromatic carbocycles. The number of carbonyl (C=O) groups is 3. The van der Waals surface area contributed by atoms with Gasteiger partial charge in [0.1, 0.15) is 17.6 Å². The van der Waals surface area contributed by atoms with Gasteiger partial charge in [-0.15, -0.1) is 5.92 Å². The average molecular weight is 606 g/mol. The predicted molar refractivity (Wildman–Crippen MR) is 161 cm³/mol. The van der Waals surface area contributed by atoms with Gasteiger partial charge in [0.15, 0.2) is 9.84 Å². The van der Waals surface area contributed by atoms with Crippen molar-refractivity contribution in [3.63, 3.8) is 0 Å². The smallest absolute Gasteiger partial charge is 0.262 e. The van der Waals surface area contributed by atoms with Crippen LogP contribution in [0.15, 0.2) is 89.8 Å². The Morgan fingerprint density at radius 1 is 0.837 bits per heavy atom. The normalized spacial score (nSPS) is 11.5. The van der Waals surface area contributed by atoms with Crippen LogP contribution < -0.4 is 20.9 Å². The van der Waals surface area contributed by atoms with Crippen LogP contribution in [0.5, 0.6) is 5.75 Å². The van der Waals surface area contributed by atoms with Crippen LogP contribution in [0.3, 0.4) is 0 Å². The Labute approximate surface area is 251 Å². The molecule has 3 rings (SSSR count). The minimum Gasteiger partial charge on any atom is -0.481 e. The maximum Gasteiger partial charge on any atom is 0.262 e. The molecule has 43 heavy (non-hydrogen) atoms. The fourth-order valence-electron chi connectivity index (χ4n) is 4.38. The van der Waals surface area contributed by atoms with Crippen LogP contribution in [0.4, 0.5) is 0 Å². The number of hydroxylamine groups is 1. The predicted octanol–water partition coefficient (Wildman–Crippen LogP) is 2.97. The number of nitrogens with one attached hydrogen (secondary N) is 3. The second-order valence-electron chi connectivity index (χ2n) is 9.51. The Morgan fingerprint density at radius 3 is 2.00 bits per heavy atom. The van der Waals surface area contributed by atoms with Crippen molar-refractivity contribution in [2.45, 2.75) is 42.2 Å². The van der Waals surface area contributed by atoms with Crippen molar-refractivity contribution in [2.75, 3.05) is 19.7 Å². The van der Waals surface area contributed by atoms with Gasteiger partial charge in [-0.3, -0.25) is 19.6 Å². The molecular weight excluding hydrogens is 570 g/mol. The Morgan fingerprint density at radius 2 is 1.44 bits per heavy atom. The van der Waals surface area contributed by atoms with Gasteiger partial charge in [0.25, 0.3) is 5.91 Å². The summed E-state index contributed by atoms with van der Waals surface area (Å²) < 4.78 is 31.7. The molecule has 4 N–H and O–H groups in total. The molecule has 11 heteroatoms. The molecule has 0 aliphatic rings. The zero-order valence-corrected chi connectivity index (χ0v) is 24.6. The summed E-state index contributed by atoms with van der Waals surface area (Å²) >= 11 is 0. The van der Waals surface area contributed by atoms with Gasteiger partial charge in [-0.2, -0.15) is 0 Å². The first-order chi connectivity index (χ1) is 20.8. The molecule has 0 spiro atoms. The molecule has 0 heterocycles. The van der Waals surface area contributed by atoms with Gasteiger partial charge < -0.3 is 15.4 Å². The highest BCUT2D eigenvalue weighted by atomic mass is 32.2. The minimum absolute atomic E-state index is 0.0818. The van der Waals surface area contributed by atoms with Gasteiger partial charge in [-0.25, -0.2) is 13.9 Å². The van der Waals surface area contributed by atoms with E-state index in [1.807, 2.05) is 60.7 Å². The van der Waals surface area contributed by atoms with E-state index in [4.69, 9.17) is 9.94 Å². The van der Waals surface area contributed by atoms with E-state index in [1.54, 1.807) is 6.92 Å². The first-order valence-corrected chi connectivity index (χ1v) is 15.3. The lowest BCUT2D eigenvalue weighted by molar-refractivity contribution is -0.129. The number of carbonyl (C=O) groups excluding carboxylic acids is 3. The fourth-order valence-corrected chi connectivity index (χ4v) is 6.04. The molecule has 0 radical (unpaired) electrons. The molecule has 3 aromatic rings. The highest BCUT2D eigenvalue weighted by Crippen LogP contribution is 2.25. The molecule has 0 aliphatic heterocycles. The highest BCUT2D eigenvalue weighted by molar-refractivity contribution is 7.92. The first kappa shape index (κ1) is 32.8. The van der Waals surface area contributed by atoms with E-state index < -0.39 is 32.8 Å². The summed E-state index contributed by atoms with van der Waals surface area (Å²) in [6, 6.07) is 24.1. The Kier molecular flexibility index (Phi) is 12.8. The van der Waals surface area contributed by atoms with E-state index in [2.05, 4.69) is 22.5 Å². The molecule has 10 nitrogen and oxygen atoms in total. The van der Waals surface area contributed by atoms with E-state index in [1.165, 1.54) is 29.7 Å². The number of amides is 3. The van der Waals surface area contributed by atoms with Gasteiger partial charge in [0, 0.05) is 6.54 Å². The van der Waals surface area contributed by atoms with Crippen molar-refractivity contribution in [2.24, 2.45) is 0 Å². The van der Waals surface area contributed by atoms with Crippen LogP contribution in [0, 0.1) is 11.8 Å². The number of ether oxygens (including phenoxy) is 1. The monoisotopic (exact) mass is 605 g/mol. The van der Waals surface area contributed by atoms with Gasteiger partial charge in [0.2, 0.25) is 11.8 Å². The van der Waals surface area contributed by atoms with Crippen LogP contribution in [-0.4, -0.2) is 56.3 Å². The molecule has 3 amide bonds. The summed E-state index contributed by atoms with van der Waals surface area (Å²) in [7, 11) is -4.12. The molecule has 0 saturated heterocycles. The summed E-state index contributed by atoms with van der Waals surface area (Å²) in [5.41, 5.74) is 3.04. The molecule has 0 aliphatic carbocycles. The van der Waals surface area contributed by atoms with Gasteiger partial charge >= 0.3 is 0 Å². The van der Waals surface area contributed by atoms with E-state index in [0.717, 1.165) is 11.1 Å². The second kappa shape index (κ2) is 16.7. The number of hydrogen-bond acceptors (Lipinski definition) is 7. The number of sulfone groups is 1. The van der Waals surface area contributed by atoms with E-state index >= 15 is 0 Å². The lowest BCUT2D eigenvalue weighted by atomic mass is 9.90. The van der Waals surface area contributed by atoms with Gasteiger partial charge in [-0.1, -0.05) is 66.6 Å². The third kappa shape index (κ3) is 9.70. The zero-order chi connectivity index (χ0) is 31.1. The summed E-state index contributed by atoms with van der Waals surface area (Å²) in [5.74, 6) is 3.51. The number of rotatable bonds is 15. The Hall–Kier alpha value is -4.66. The standard InChI is InChI=1S/C32H35N3O7S/c1-2-3-22-42-26-17-19-27(20-18-26)43(40,41)28(31(37)35-39)16-10-11-21-33-29(36)23-34-32(38)30(24-12-6-4-7-13-24)25-14-8-5-9-15-25/h4-9,12-15,17-20,28,30,39H,10-11,16,21-23H2,1H3,(H,33,36)(H,34,38)(H,35,37). The van der Waals surface area contributed by atoms with Crippen LogP contribution in [0.2, 0.25) is 0 Å². The lowest BCUT2D eigenvalue weighted by Crippen LogP contribution is -2.40. The van der Waals surface area contributed by atoms with Crippen LogP contribution in [-0.2, 0) is 24.2 Å². The molecule has 0 aromatic heterocycles. The van der Waals surface area contributed by atoms with Crippen LogP contribution in [0.25, 0.3) is 0 Å². The molecular formula is C32H35N3O7S. The Balaban J connectivity index is 1.49. The Bertz CT molecular complexity index is 1480. The molecule has 0 fully saturated rings.